The number of hydrogen-bond donors (Lipinski definition) is 2. The van der Waals surface area contributed by atoms with Crippen molar-refractivity contribution in [1.29, 1.82) is 0 Å². The molecule has 0 spiro atoms. The van der Waals surface area contributed by atoms with E-state index in [1.807, 2.05) is 53.1 Å². The lowest BCUT2D eigenvalue weighted by molar-refractivity contribution is 0.422. The Labute approximate surface area is 138 Å². The molecule has 2 N–H and O–H groups in total. The van der Waals surface area contributed by atoms with Crippen LogP contribution in [0.4, 0.5) is 5.69 Å². The first-order chi connectivity index (χ1) is 11.8. The minimum absolute atomic E-state index is 0.162. The molecule has 0 saturated carbocycles. The summed E-state index contributed by atoms with van der Waals surface area (Å²) in [4.78, 5) is 14.7. The largest absolute Gasteiger partial charge is 0.494 e. The zero-order chi connectivity index (χ0) is 16.7. The van der Waals surface area contributed by atoms with Crippen molar-refractivity contribution in [2.75, 3.05) is 0 Å². The Kier molecular flexibility index (Phi) is 3.34. The summed E-state index contributed by atoms with van der Waals surface area (Å²) in [5.74, 6) is 0.162. The lowest BCUT2D eigenvalue weighted by Crippen LogP contribution is -1.95. The number of H-pyrrole nitrogens is 1. The number of nitrogens with one attached hydrogen (secondary N) is 1. The van der Waals surface area contributed by atoms with Crippen LogP contribution < -0.4 is 0 Å². The summed E-state index contributed by atoms with van der Waals surface area (Å²) in [6.07, 6.45) is 0.900. The van der Waals surface area contributed by atoms with Crippen LogP contribution in [0.2, 0.25) is 0 Å². The Balaban J connectivity index is 2.11. The summed E-state index contributed by atoms with van der Waals surface area (Å²) in [5.41, 5.74) is 3.30. The van der Waals surface area contributed by atoms with Gasteiger partial charge in [0.1, 0.15) is 5.69 Å². The smallest absolute Gasteiger partial charge is 0.201 e. The van der Waals surface area contributed by atoms with Gasteiger partial charge in [0.15, 0.2) is 0 Å². The van der Waals surface area contributed by atoms with Gasteiger partial charge in [-0.15, -0.1) is 4.91 Å². The SMILES string of the molecule is CCCn1c(O)c(-c2[nH]c3ccccc3c2N=O)c2ccccc21. The summed E-state index contributed by atoms with van der Waals surface area (Å²) in [6.45, 7) is 2.77. The second kappa shape index (κ2) is 5.53. The molecule has 24 heavy (non-hydrogen) atoms. The van der Waals surface area contributed by atoms with Crippen LogP contribution in [0.15, 0.2) is 53.7 Å². The van der Waals surface area contributed by atoms with Gasteiger partial charge >= 0.3 is 0 Å². The number of aromatic amines is 1. The molecule has 0 aliphatic carbocycles. The molecular weight excluding hydrogens is 302 g/mol. The topological polar surface area (TPSA) is 70.4 Å². The molecule has 2 aromatic heterocycles. The molecule has 120 valence electrons. The van der Waals surface area contributed by atoms with Crippen molar-refractivity contribution in [3.05, 3.63) is 53.4 Å². The highest BCUT2D eigenvalue weighted by atomic mass is 16.3. The minimum Gasteiger partial charge on any atom is -0.494 e. The second-order valence-corrected chi connectivity index (χ2v) is 5.85. The standard InChI is InChI=1S/C19H17N3O2/c1-2-11-22-15-10-6-4-8-13(15)16(19(22)23)18-17(21-24)12-7-3-5-9-14(12)20-18/h3-10,20,23H,2,11H2,1H3. The van der Waals surface area contributed by atoms with Gasteiger partial charge in [-0.25, -0.2) is 0 Å². The van der Waals surface area contributed by atoms with Gasteiger partial charge in [-0.05, 0) is 23.7 Å². The molecule has 0 fully saturated rings. The van der Waals surface area contributed by atoms with Crippen LogP contribution >= 0.6 is 0 Å². The molecule has 0 amide bonds. The molecule has 5 nitrogen and oxygen atoms in total. The average Bonchev–Trinajstić information content (AvgIpc) is 3.10. The van der Waals surface area contributed by atoms with Crippen LogP contribution in [-0.2, 0) is 6.54 Å². The number of fused-ring (bicyclic) bond motifs is 2. The first kappa shape index (κ1) is 14.5. The Morgan fingerprint density at radius 2 is 1.79 bits per heavy atom. The first-order valence-corrected chi connectivity index (χ1v) is 8.01. The predicted octanol–water partition coefficient (Wildman–Crippen LogP) is 5.30. The summed E-state index contributed by atoms with van der Waals surface area (Å²) in [6, 6.07) is 15.3. The number of aryl methyl sites for hydroxylation is 1. The van der Waals surface area contributed by atoms with E-state index in [0.717, 1.165) is 28.2 Å². The van der Waals surface area contributed by atoms with Gasteiger partial charge in [-0.2, -0.15) is 0 Å². The molecule has 0 aliphatic heterocycles. The van der Waals surface area contributed by atoms with E-state index in [2.05, 4.69) is 17.1 Å². The lowest BCUT2D eigenvalue weighted by Gasteiger charge is -2.04. The molecule has 0 unspecified atom stereocenters. The molecule has 0 aliphatic rings. The van der Waals surface area contributed by atoms with Crippen LogP contribution in [0.5, 0.6) is 5.88 Å². The Bertz CT molecular complexity index is 1060. The van der Waals surface area contributed by atoms with Gasteiger partial charge in [-0.3, -0.25) is 0 Å². The zero-order valence-electron chi connectivity index (χ0n) is 13.3. The van der Waals surface area contributed by atoms with Crippen molar-refractivity contribution in [2.45, 2.75) is 19.9 Å². The van der Waals surface area contributed by atoms with E-state index in [1.54, 1.807) is 0 Å². The highest BCUT2D eigenvalue weighted by Gasteiger charge is 2.23. The molecule has 2 heterocycles. The van der Waals surface area contributed by atoms with Gasteiger partial charge in [-0.1, -0.05) is 43.3 Å². The van der Waals surface area contributed by atoms with Crippen molar-refractivity contribution in [1.82, 2.24) is 9.55 Å². The third-order valence-corrected chi connectivity index (χ3v) is 4.41. The van der Waals surface area contributed by atoms with Gasteiger partial charge < -0.3 is 14.7 Å². The average molecular weight is 319 g/mol. The molecule has 2 aromatic carbocycles. The Morgan fingerprint density at radius 1 is 1.08 bits per heavy atom. The van der Waals surface area contributed by atoms with Crippen molar-refractivity contribution in [3.8, 4) is 17.1 Å². The van der Waals surface area contributed by atoms with E-state index >= 15 is 0 Å². The predicted molar refractivity (Wildman–Crippen MR) is 96.6 cm³/mol. The lowest BCUT2D eigenvalue weighted by atomic mass is 10.1. The van der Waals surface area contributed by atoms with Crippen LogP contribution in [0, 0.1) is 4.91 Å². The molecule has 4 rings (SSSR count). The molecule has 0 radical (unpaired) electrons. The summed E-state index contributed by atoms with van der Waals surface area (Å²) < 4.78 is 1.88. The first-order valence-electron chi connectivity index (χ1n) is 8.01. The maximum atomic E-state index is 11.5. The highest BCUT2D eigenvalue weighted by molar-refractivity contribution is 6.07. The van der Waals surface area contributed by atoms with Crippen LogP contribution in [0.1, 0.15) is 13.3 Å². The van der Waals surface area contributed by atoms with Gasteiger partial charge in [0.2, 0.25) is 5.88 Å². The van der Waals surface area contributed by atoms with E-state index in [9.17, 15) is 10.0 Å². The van der Waals surface area contributed by atoms with Gasteiger partial charge in [0, 0.05) is 22.8 Å². The van der Waals surface area contributed by atoms with E-state index in [4.69, 9.17) is 0 Å². The van der Waals surface area contributed by atoms with E-state index in [-0.39, 0.29) is 5.88 Å². The Morgan fingerprint density at radius 3 is 2.54 bits per heavy atom. The third kappa shape index (κ3) is 1.94. The van der Waals surface area contributed by atoms with Crippen molar-refractivity contribution in [2.24, 2.45) is 5.18 Å². The highest BCUT2D eigenvalue weighted by Crippen LogP contribution is 2.45. The number of para-hydroxylation sites is 2. The number of benzene rings is 2. The van der Waals surface area contributed by atoms with Crippen LogP contribution in [0.3, 0.4) is 0 Å². The van der Waals surface area contributed by atoms with Gasteiger partial charge in [0.25, 0.3) is 0 Å². The Hall–Kier alpha value is -3.08. The number of aromatic hydroxyl groups is 1. The fourth-order valence-corrected chi connectivity index (χ4v) is 3.39. The molecule has 0 atom stereocenters. The maximum Gasteiger partial charge on any atom is 0.201 e. The van der Waals surface area contributed by atoms with Crippen LogP contribution in [-0.4, -0.2) is 14.7 Å². The van der Waals surface area contributed by atoms with Crippen molar-refractivity contribution < 1.29 is 5.11 Å². The van der Waals surface area contributed by atoms with E-state index in [1.165, 1.54) is 0 Å². The number of aromatic nitrogens is 2. The van der Waals surface area contributed by atoms with E-state index in [0.29, 0.717) is 23.5 Å². The van der Waals surface area contributed by atoms with E-state index < -0.39 is 0 Å². The van der Waals surface area contributed by atoms with Gasteiger partial charge in [0.05, 0.1) is 16.8 Å². The van der Waals surface area contributed by atoms with Crippen LogP contribution in [0.25, 0.3) is 33.1 Å². The molecule has 4 aromatic rings. The molecular formula is C19H17N3O2. The number of rotatable bonds is 4. The third-order valence-electron chi connectivity index (χ3n) is 4.41. The van der Waals surface area contributed by atoms with Crippen molar-refractivity contribution >= 4 is 27.5 Å². The quantitative estimate of drug-likeness (QED) is 0.501. The summed E-state index contributed by atoms with van der Waals surface area (Å²) >= 11 is 0. The maximum absolute atomic E-state index is 11.5. The fraction of sp³-hybridized carbons (Fsp3) is 0.158. The minimum atomic E-state index is 0.162. The monoisotopic (exact) mass is 319 g/mol. The number of hydrogen-bond acceptors (Lipinski definition) is 3. The molecule has 0 bridgehead atoms. The summed E-state index contributed by atoms with van der Waals surface area (Å²) in [5, 5.41) is 15.7. The fourth-order valence-electron chi connectivity index (χ4n) is 3.39. The molecule has 5 heteroatoms. The number of nitroso groups, excluding NO2 is 1. The molecule has 0 saturated heterocycles. The normalized spacial score (nSPS) is 11.4. The zero-order valence-corrected chi connectivity index (χ0v) is 13.3. The number of nitrogens with zero attached hydrogens (tertiary/aromatic N) is 2. The second-order valence-electron chi connectivity index (χ2n) is 5.85. The summed E-state index contributed by atoms with van der Waals surface area (Å²) in [7, 11) is 0. The van der Waals surface area contributed by atoms with Crippen molar-refractivity contribution in [3.63, 3.8) is 0 Å².